The summed E-state index contributed by atoms with van der Waals surface area (Å²) in [6, 6.07) is 0.686. The lowest BCUT2D eigenvalue weighted by molar-refractivity contribution is -0.121. The second kappa shape index (κ2) is 7.00. The lowest BCUT2D eigenvalue weighted by Crippen LogP contribution is -2.34. The predicted molar refractivity (Wildman–Crippen MR) is 71.9 cm³/mol. The van der Waals surface area contributed by atoms with Crippen LogP contribution in [0.25, 0.3) is 0 Å². The van der Waals surface area contributed by atoms with Crippen LogP contribution >= 0.6 is 0 Å². The van der Waals surface area contributed by atoms with Crippen molar-refractivity contribution in [3.8, 4) is 0 Å². The molecule has 1 saturated heterocycles. The summed E-state index contributed by atoms with van der Waals surface area (Å²) in [4.78, 5) is 14.1. The van der Waals surface area contributed by atoms with Crippen molar-refractivity contribution in [2.24, 2.45) is 11.8 Å². The Bertz CT molecular complexity index is 240. The molecule has 0 aromatic carbocycles. The van der Waals surface area contributed by atoms with E-state index in [9.17, 15) is 4.79 Å². The third kappa shape index (κ3) is 5.07. The van der Waals surface area contributed by atoms with E-state index in [2.05, 4.69) is 37.9 Å². The van der Waals surface area contributed by atoms with Crippen molar-refractivity contribution in [3.05, 3.63) is 0 Å². The molecule has 1 aliphatic rings. The molecular formula is C14H28N2O. The average molecular weight is 240 g/mol. The molecule has 0 aromatic heterocycles. The lowest BCUT2D eigenvalue weighted by Gasteiger charge is -2.23. The monoisotopic (exact) mass is 240 g/mol. The van der Waals surface area contributed by atoms with E-state index in [1.54, 1.807) is 0 Å². The van der Waals surface area contributed by atoms with Gasteiger partial charge in [-0.1, -0.05) is 20.8 Å². The first-order valence-electron chi connectivity index (χ1n) is 7.03. The molecule has 0 aliphatic carbocycles. The Balaban J connectivity index is 2.20. The van der Waals surface area contributed by atoms with Crippen molar-refractivity contribution < 1.29 is 4.79 Å². The molecule has 0 saturated carbocycles. The fourth-order valence-electron chi connectivity index (χ4n) is 2.39. The van der Waals surface area contributed by atoms with E-state index in [1.807, 2.05) is 0 Å². The maximum absolute atomic E-state index is 11.6. The molecule has 1 heterocycles. The molecule has 0 spiro atoms. The van der Waals surface area contributed by atoms with Crippen LogP contribution in [0.1, 0.15) is 47.0 Å². The topological polar surface area (TPSA) is 32.3 Å². The standard InChI is InChI=1S/C14H28N2O/c1-5-12(4)16-7-6-13(10-16)9-15-14(17)8-11(2)3/h11-13H,5-10H2,1-4H3,(H,15,17). The first-order valence-corrected chi connectivity index (χ1v) is 7.03. The Labute approximate surface area is 106 Å². The Morgan fingerprint density at radius 2 is 2.12 bits per heavy atom. The number of rotatable bonds is 6. The largest absolute Gasteiger partial charge is 0.356 e. The van der Waals surface area contributed by atoms with Crippen LogP contribution in [0.2, 0.25) is 0 Å². The van der Waals surface area contributed by atoms with Gasteiger partial charge in [-0.05, 0) is 38.1 Å². The van der Waals surface area contributed by atoms with Gasteiger partial charge in [-0.3, -0.25) is 4.79 Å². The first-order chi connectivity index (χ1) is 8.02. The van der Waals surface area contributed by atoms with Crippen molar-refractivity contribution >= 4 is 5.91 Å². The zero-order valence-electron chi connectivity index (χ0n) is 11.8. The minimum absolute atomic E-state index is 0.210. The summed E-state index contributed by atoms with van der Waals surface area (Å²) >= 11 is 0. The van der Waals surface area contributed by atoms with Crippen LogP contribution in [-0.4, -0.2) is 36.5 Å². The van der Waals surface area contributed by atoms with Crippen LogP contribution in [0.5, 0.6) is 0 Å². The van der Waals surface area contributed by atoms with Crippen LogP contribution in [0.3, 0.4) is 0 Å². The zero-order valence-corrected chi connectivity index (χ0v) is 11.8. The summed E-state index contributed by atoms with van der Waals surface area (Å²) in [5, 5.41) is 3.07. The average Bonchev–Trinajstić information content (AvgIpc) is 2.73. The molecule has 0 radical (unpaired) electrons. The molecule has 3 nitrogen and oxygen atoms in total. The molecular weight excluding hydrogens is 212 g/mol. The zero-order chi connectivity index (χ0) is 12.8. The van der Waals surface area contributed by atoms with Gasteiger partial charge in [-0.25, -0.2) is 0 Å². The van der Waals surface area contributed by atoms with Crippen LogP contribution < -0.4 is 5.32 Å². The van der Waals surface area contributed by atoms with Crippen LogP contribution in [-0.2, 0) is 4.79 Å². The second-order valence-electron chi connectivity index (χ2n) is 5.81. The highest BCUT2D eigenvalue weighted by atomic mass is 16.1. The highest BCUT2D eigenvalue weighted by molar-refractivity contribution is 5.76. The van der Waals surface area contributed by atoms with E-state index in [0.29, 0.717) is 24.3 Å². The molecule has 2 unspecified atom stereocenters. The summed E-state index contributed by atoms with van der Waals surface area (Å²) in [6.45, 7) is 11.9. The number of hydrogen-bond donors (Lipinski definition) is 1. The van der Waals surface area contributed by atoms with Gasteiger partial charge in [0.2, 0.25) is 5.91 Å². The Kier molecular flexibility index (Phi) is 5.96. The number of nitrogens with zero attached hydrogens (tertiary/aromatic N) is 1. The second-order valence-corrected chi connectivity index (χ2v) is 5.81. The summed E-state index contributed by atoms with van der Waals surface area (Å²) in [6.07, 6.45) is 3.10. The summed E-state index contributed by atoms with van der Waals surface area (Å²) in [5.74, 6) is 1.32. The predicted octanol–water partition coefficient (Wildman–Crippen LogP) is 2.27. The molecule has 1 fully saturated rings. The maximum atomic E-state index is 11.6. The van der Waals surface area contributed by atoms with Crippen molar-refractivity contribution in [2.45, 2.75) is 53.0 Å². The fraction of sp³-hybridized carbons (Fsp3) is 0.929. The molecule has 3 heteroatoms. The number of carbonyl (C=O) groups excluding carboxylic acids is 1. The van der Waals surface area contributed by atoms with Gasteiger partial charge >= 0.3 is 0 Å². The van der Waals surface area contributed by atoms with Gasteiger partial charge in [0.1, 0.15) is 0 Å². The van der Waals surface area contributed by atoms with Crippen LogP contribution in [0, 0.1) is 11.8 Å². The van der Waals surface area contributed by atoms with E-state index in [4.69, 9.17) is 0 Å². The number of amides is 1. The van der Waals surface area contributed by atoms with E-state index in [-0.39, 0.29) is 5.91 Å². The molecule has 1 N–H and O–H groups in total. The minimum Gasteiger partial charge on any atom is -0.356 e. The van der Waals surface area contributed by atoms with Gasteiger partial charge in [0, 0.05) is 25.6 Å². The molecule has 17 heavy (non-hydrogen) atoms. The van der Waals surface area contributed by atoms with Gasteiger partial charge < -0.3 is 10.2 Å². The van der Waals surface area contributed by atoms with E-state index in [0.717, 1.165) is 13.1 Å². The molecule has 1 aliphatic heterocycles. The van der Waals surface area contributed by atoms with Crippen molar-refractivity contribution in [1.29, 1.82) is 0 Å². The third-order valence-corrected chi connectivity index (χ3v) is 3.71. The van der Waals surface area contributed by atoms with Crippen molar-refractivity contribution in [3.63, 3.8) is 0 Å². The Hall–Kier alpha value is -0.570. The Morgan fingerprint density at radius 3 is 2.71 bits per heavy atom. The SMILES string of the molecule is CCC(C)N1CCC(CNC(=O)CC(C)C)C1. The number of likely N-dealkylation sites (tertiary alicyclic amines) is 1. The van der Waals surface area contributed by atoms with Gasteiger partial charge in [0.05, 0.1) is 0 Å². The number of nitrogens with one attached hydrogen (secondary N) is 1. The highest BCUT2D eigenvalue weighted by Gasteiger charge is 2.25. The normalized spacial score (nSPS) is 23.0. The van der Waals surface area contributed by atoms with Crippen molar-refractivity contribution in [1.82, 2.24) is 10.2 Å². The highest BCUT2D eigenvalue weighted by Crippen LogP contribution is 2.19. The minimum atomic E-state index is 0.210. The smallest absolute Gasteiger partial charge is 0.220 e. The summed E-state index contributed by atoms with van der Waals surface area (Å²) < 4.78 is 0. The van der Waals surface area contributed by atoms with Gasteiger partial charge in [0.15, 0.2) is 0 Å². The van der Waals surface area contributed by atoms with Crippen molar-refractivity contribution in [2.75, 3.05) is 19.6 Å². The summed E-state index contributed by atoms with van der Waals surface area (Å²) in [7, 11) is 0. The lowest BCUT2D eigenvalue weighted by atomic mass is 10.1. The molecule has 1 amide bonds. The summed E-state index contributed by atoms with van der Waals surface area (Å²) in [5.41, 5.74) is 0. The van der Waals surface area contributed by atoms with Gasteiger partial charge in [0.25, 0.3) is 0 Å². The first kappa shape index (κ1) is 14.5. The molecule has 0 bridgehead atoms. The molecule has 1 rings (SSSR count). The fourth-order valence-corrected chi connectivity index (χ4v) is 2.39. The van der Waals surface area contributed by atoms with E-state index in [1.165, 1.54) is 19.4 Å². The number of hydrogen-bond acceptors (Lipinski definition) is 2. The van der Waals surface area contributed by atoms with Gasteiger partial charge in [-0.15, -0.1) is 0 Å². The Morgan fingerprint density at radius 1 is 1.41 bits per heavy atom. The third-order valence-electron chi connectivity index (χ3n) is 3.71. The number of carbonyl (C=O) groups is 1. The van der Waals surface area contributed by atoms with Crippen LogP contribution in [0.4, 0.5) is 0 Å². The molecule has 0 aromatic rings. The van der Waals surface area contributed by atoms with E-state index < -0.39 is 0 Å². The van der Waals surface area contributed by atoms with Gasteiger partial charge in [-0.2, -0.15) is 0 Å². The van der Waals surface area contributed by atoms with E-state index >= 15 is 0 Å². The maximum Gasteiger partial charge on any atom is 0.220 e. The van der Waals surface area contributed by atoms with Crippen LogP contribution in [0.15, 0.2) is 0 Å². The molecule has 2 atom stereocenters. The molecule has 100 valence electrons. The quantitative estimate of drug-likeness (QED) is 0.772.